The third kappa shape index (κ3) is 6.58. The van der Waals surface area contributed by atoms with Crippen molar-refractivity contribution in [3.8, 4) is 11.8 Å². The zero-order chi connectivity index (χ0) is 21.3. The second-order valence-electron chi connectivity index (χ2n) is 6.73. The van der Waals surface area contributed by atoms with Crippen molar-refractivity contribution >= 4 is 17.8 Å². The average Bonchev–Trinajstić information content (AvgIpc) is 2.66. The summed E-state index contributed by atoms with van der Waals surface area (Å²) in [6, 6.07) is 8.52. The van der Waals surface area contributed by atoms with Crippen LogP contribution in [0.4, 0.5) is 0 Å². The molecule has 2 atom stereocenters. The van der Waals surface area contributed by atoms with Crippen LogP contribution in [0.25, 0.3) is 0 Å². The molecular weight excluding hydrogens is 362 g/mol. The van der Waals surface area contributed by atoms with E-state index in [0.717, 1.165) is 0 Å². The summed E-state index contributed by atoms with van der Waals surface area (Å²) in [6.07, 6.45) is -1.10. The smallest absolute Gasteiger partial charge is 0.326 e. The molecule has 0 aliphatic carbocycles. The average molecular weight is 389 g/mol. The molecule has 8 nitrogen and oxygen atoms in total. The lowest BCUT2D eigenvalue weighted by Crippen LogP contribution is -2.52. The Balaban J connectivity index is 2.52. The molecule has 1 rings (SSSR count). The van der Waals surface area contributed by atoms with Crippen LogP contribution in [0.15, 0.2) is 24.3 Å². The largest absolute Gasteiger partial charge is 0.494 e. The summed E-state index contributed by atoms with van der Waals surface area (Å²) in [5.41, 5.74) is -0.705. The lowest BCUT2D eigenvalue weighted by molar-refractivity contribution is -0.154. The van der Waals surface area contributed by atoms with Gasteiger partial charge in [-0.3, -0.25) is 14.4 Å². The lowest BCUT2D eigenvalue weighted by atomic mass is 9.90. The Bertz CT molecular complexity index is 739. The highest BCUT2D eigenvalue weighted by molar-refractivity contribution is 5.96. The minimum atomic E-state index is -1.10. The van der Waals surface area contributed by atoms with Gasteiger partial charge in [0.15, 0.2) is 6.10 Å². The fourth-order valence-electron chi connectivity index (χ4n) is 2.08. The molecule has 0 saturated heterocycles. The molecule has 0 spiro atoms. The molecule has 2 amide bonds. The van der Waals surface area contributed by atoms with Crippen LogP contribution >= 0.6 is 0 Å². The molecule has 0 aliphatic heterocycles. The van der Waals surface area contributed by atoms with Gasteiger partial charge in [-0.2, -0.15) is 5.26 Å². The van der Waals surface area contributed by atoms with E-state index in [1.54, 1.807) is 45.0 Å². The number of carbonyl (C=O) groups is 3. The van der Waals surface area contributed by atoms with E-state index < -0.39 is 29.4 Å². The first-order valence-electron chi connectivity index (χ1n) is 9.06. The van der Waals surface area contributed by atoms with Gasteiger partial charge in [0.05, 0.1) is 12.7 Å². The quantitative estimate of drug-likeness (QED) is 0.622. The molecule has 0 unspecified atom stereocenters. The number of benzene rings is 1. The molecule has 1 aromatic carbocycles. The van der Waals surface area contributed by atoms with E-state index in [4.69, 9.17) is 9.47 Å². The van der Waals surface area contributed by atoms with Crippen molar-refractivity contribution in [2.45, 2.75) is 46.3 Å². The highest BCUT2D eigenvalue weighted by Crippen LogP contribution is 2.15. The van der Waals surface area contributed by atoms with Crippen molar-refractivity contribution in [2.24, 2.45) is 5.92 Å². The number of nitrogens with one attached hydrogen (secondary N) is 2. The topological polar surface area (TPSA) is 118 Å². The number of esters is 1. The molecule has 0 heterocycles. The first-order valence-corrected chi connectivity index (χ1v) is 9.06. The summed E-state index contributed by atoms with van der Waals surface area (Å²) in [5.74, 6) is -1.27. The van der Waals surface area contributed by atoms with Crippen molar-refractivity contribution in [3.05, 3.63) is 29.8 Å². The van der Waals surface area contributed by atoms with Gasteiger partial charge in [0.25, 0.3) is 11.8 Å². The summed E-state index contributed by atoms with van der Waals surface area (Å²) in [5, 5.41) is 14.3. The Kier molecular flexibility index (Phi) is 8.45. The predicted molar refractivity (Wildman–Crippen MR) is 102 cm³/mol. The van der Waals surface area contributed by atoms with Gasteiger partial charge in [0.2, 0.25) is 0 Å². The number of rotatable bonds is 9. The van der Waals surface area contributed by atoms with E-state index in [0.29, 0.717) is 17.9 Å². The summed E-state index contributed by atoms with van der Waals surface area (Å²) in [6.45, 7) is 8.60. The maximum atomic E-state index is 12.2. The maximum Gasteiger partial charge on any atom is 0.326 e. The number of carbonyl (C=O) groups excluding carboxylic acids is 3. The SMILES string of the molecule is CCOc1ccc(C(=O)NCC(=O)O[C@H](C)C(=O)N[C@](C)(C#N)C(C)C)cc1. The van der Waals surface area contributed by atoms with Gasteiger partial charge in [-0.25, -0.2) is 0 Å². The van der Waals surface area contributed by atoms with Crippen LogP contribution in [0.3, 0.4) is 0 Å². The third-order valence-corrected chi connectivity index (χ3v) is 4.27. The molecule has 0 fully saturated rings. The van der Waals surface area contributed by atoms with Crippen LogP contribution in [0.2, 0.25) is 0 Å². The fraction of sp³-hybridized carbons (Fsp3) is 0.500. The molecule has 28 heavy (non-hydrogen) atoms. The Morgan fingerprint density at radius 2 is 1.79 bits per heavy atom. The molecule has 0 aliphatic rings. The van der Waals surface area contributed by atoms with Gasteiger partial charge < -0.3 is 20.1 Å². The second-order valence-corrected chi connectivity index (χ2v) is 6.73. The van der Waals surface area contributed by atoms with Gasteiger partial charge in [0, 0.05) is 5.56 Å². The van der Waals surface area contributed by atoms with Gasteiger partial charge >= 0.3 is 5.97 Å². The van der Waals surface area contributed by atoms with Crippen molar-refractivity contribution in [1.29, 1.82) is 5.26 Å². The molecule has 0 aromatic heterocycles. The molecule has 2 N–H and O–H groups in total. The highest BCUT2D eigenvalue weighted by atomic mass is 16.5. The van der Waals surface area contributed by atoms with Crippen LogP contribution in [0.5, 0.6) is 5.75 Å². The Morgan fingerprint density at radius 3 is 2.29 bits per heavy atom. The third-order valence-electron chi connectivity index (χ3n) is 4.27. The summed E-state index contributed by atoms with van der Waals surface area (Å²) in [4.78, 5) is 36.1. The molecular formula is C20H27N3O5. The molecule has 0 saturated carbocycles. The van der Waals surface area contributed by atoms with E-state index in [2.05, 4.69) is 10.6 Å². The highest BCUT2D eigenvalue weighted by Gasteiger charge is 2.32. The van der Waals surface area contributed by atoms with Crippen molar-refractivity contribution in [3.63, 3.8) is 0 Å². The van der Waals surface area contributed by atoms with Crippen LogP contribution < -0.4 is 15.4 Å². The van der Waals surface area contributed by atoms with Crippen LogP contribution in [-0.4, -0.2) is 42.6 Å². The summed E-state index contributed by atoms with van der Waals surface area (Å²) in [7, 11) is 0. The van der Waals surface area contributed by atoms with Crippen molar-refractivity contribution < 1.29 is 23.9 Å². The first kappa shape index (κ1) is 23.0. The van der Waals surface area contributed by atoms with Gasteiger partial charge in [-0.1, -0.05) is 13.8 Å². The van der Waals surface area contributed by atoms with E-state index in [1.807, 2.05) is 13.0 Å². The van der Waals surface area contributed by atoms with E-state index in [-0.39, 0.29) is 12.5 Å². The molecule has 0 bridgehead atoms. The number of ether oxygens (including phenoxy) is 2. The maximum absolute atomic E-state index is 12.2. The number of hydrogen-bond donors (Lipinski definition) is 2. The Labute approximate surface area is 165 Å². The number of nitriles is 1. The minimum Gasteiger partial charge on any atom is -0.494 e. The van der Waals surface area contributed by atoms with Gasteiger partial charge in [-0.05, 0) is 51.0 Å². The van der Waals surface area contributed by atoms with Gasteiger partial charge in [0.1, 0.15) is 17.8 Å². The second kappa shape index (κ2) is 10.3. The van der Waals surface area contributed by atoms with E-state index in [1.165, 1.54) is 6.92 Å². The normalized spacial score (nSPS) is 13.6. The van der Waals surface area contributed by atoms with E-state index in [9.17, 15) is 19.6 Å². The van der Waals surface area contributed by atoms with E-state index >= 15 is 0 Å². The van der Waals surface area contributed by atoms with Crippen molar-refractivity contribution in [2.75, 3.05) is 13.2 Å². The zero-order valence-corrected chi connectivity index (χ0v) is 16.9. The predicted octanol–water partition coefficient (Wildman–Crippen LogP) is 1.80. The number of amides is 2. The Morgan fingerprint density at radius 1 is 1.18 bits per heavy atom. The van der Waals surface area contributed by atoms with Gasteiger partial charge in [-0.15, -0.1) is 0 Å². The standard InChI is InChI=1S/C20H27N3O5/c1-6-27-16-9-7-15(8-10-16)19(26)22-11-17(24)28-14(4)18(25)23-20(5,12-21)13(2)3/h7-10,13-14H,6,11H2,1-5H3,(H,22,26)(H,23,25)/t14-,20-/m1/s1. The monoisotopic (exact) mass is 389 g/mol. The number of nitrogens with zero attached hydrogens (tertiary/aromatic N) is 1. The molecule has 1 aromatic rings. The van der Waals surface area contributed by atoms with Crippen LogP contribution in [0, 0.1) is 17.2 Å². The zero-order valence-electron chi connectivity index (χ0n) is 16.9. The van der Waals surface area contributed by atoms with Crippen LogP contribution in [0.1, 0.15) is 45.0 Å². The number of hydrogen-bond acceptors (Lipinski definition) is 6. The van der Waals surface area contributed by atoms with Crippen molar-refractivity contribution in [1.82, 2.24) is 10.6 Å². The molecule has 8 heteroatoms. The molecule has 152 valence electrons. The minimum absolute atomic E-state index is 0.127. The summed E-state index contributed by atoms with van der Waals surface area (Å²) < 4.78 is 10.3. The fourth-order valence-corrected chi connectivity index (χ4v) is 2.08. The first-order chi connectivity index (χ1) is 13.1. The van der Waals surface area contributed by atoms with Crippen LogP contribution in [-0.2, 0) is 14.3 Å². The summed E-state index contributed by atoms with van der Waals surface area (Å²) >= 11 is 0. The lowest BCUT2D eigenvalue weighted by Gasteiger charge is -2.28. The Hall–Kier alpha value is -3.08. The molecule has 0 radical (unpaired) electrons.